The molecule has 0 unspecified atom stereocenters. The van der Waals surface area contributed by atoms with Crippen LogP contribution in [0.5, 0.6) is 0 Å². The molecule has 0 amide bonds. The molecule has 0 bridgehead atoms. The summed E-state index contributed by atoms with van der Waals surface area (Å²) in [5.74, 6) is 0. The normalized spacial score (nSPS) is 14.7. The van der Waals surface area contributed by atoms with E-state index in [-0.39, 0.29) is 29.6 Å². The van der Waals surface area contributed by atoms with Crippen molar-refractivity contribution in [2.45, 2.75) is 6.92 Å². The van der Waals surface area contributed by atoms with Crippen LogP contribution in [0.25, 0.3) is 0 Å². The summed E-state index contributed by atoms with van der Waals surface area (Å²) in [7, 11) is -3.92. The molecule has 0 radical (unpaired) electrons. The van der Waals surface area contributed by atoms with Crippen molar-refractivity contribution in [3.8, 4) is 0 Å². The largest absolute Gasteiger partial charge is 1.00 e. The van der Waals surface area contributed by atoms with Gasteiger partial charge in [-0.1, -0.05) is 0 Å². The number of hydrogen-bond donors (Lipinski definition) is 0. The molecule has 1 aliphatic heterocycles. The maximum atomic E-state index is 9.75. The molecule has 8 heteroatoms. The molecular formula is C6H12BF4N2Na. The van der Waals surface area contributed by atoms with Crippen LogP contribution in [0.1, 0.15) is 6.92 Å². The van der Waals surface area contributed by atoms with Gasteiger partial charge in [0.05, 0.1) is 6.67 Å². The summed E-state index contributed by atoms with van der Waals surface area (Å²) in [4.78, 5) is 4.41. The minimum absolute atomic E-state index is 0. The molecule has 0 fully saturated rings. The Morgan fingerprint density at radius 1 is 1.21 bits per heavy atom. The van der Waals surface area contributed by atoms with Crippen LogP contribution in [0.2, 0.25) is 0 Å². The second kappa shape index (κ2) is 7.42. The summed E-state index contributed by atoms with van der Waals surface area (Å²) >= 11 is 0. The van der Waals surface area contributed by atoms with Crippen LogP contribution in [0, 0.1) is 0 Å². The van der Waals surface area contributed by atoms with E-state index in [9.17, 15) is 17.3 Å². The van der Waals surface area contributed by atoms with Gasteiger partial charge in [0.25, 0.3) is 0 Å². The molecule has 0 aliphatic carbocycles. The van der Waals surface area contributed by atoms with E-state index in [1.54, 1.807) is 0 Å². The van der Waals surface area contributed by atoms with E-state index in [0.29, 0.717) is 0 Å². The smallest absolute Gasteiger partial charge is 0.418 e. The topological polar surface area (TPSA) is 6.48 Å². The third-order valence-corrected chi connectivity index (χ3v) is 1.34. The molecule has 0 saturated heterocycles. The van der Waals surface area contributed by atoms with E-state index in [4.69, 9.17) is 0 Å². The van der Waals surface area contributed by atoms with Crippen molar-refractivity contribution in [1.29, 1.82) is 0 Å². The maximum absolute atomic E-state index is 9.75. The summed E-state index contributed by atoms with van der Waals surface area (Å²) in [6.45, 7) is 4.32. The van der Waals surface area contributed by atoms with Gasteiger partial charge in [0.1, 0.15) is 0 Å². The molecule has 0 aromatic carbocycles. The molecule has 1 heterocycles. The Bertz CT molecular complexity index is 170. The first-order chi connectivity index (χ1) is 5.83. The summed E-state index contributed by atoms with van der Waals surface area (Å²) in [5, 5.41) is 0. The Labute approximate surface area is 103 Å². The van der Waals surface area contributed by atoms with Gasteiger partial charge in [-0.2, -0.15) is 0 Å². The van der Waals surface area contributed by atoms with Gasteiger partial charge in [-0.25, -0.2) is 0 Å². The van der Waals surface area contributed by atoms with Crippen LogP contribution in [0.4, 0.5) is 17.3 Å². The fraction of sp³-hybridized carbons (Fsp3) is 0.667. The van der Waals surface area contributed by atoms with Crippen LogP contribution in [0.3, 0.4) is 0 Å². The number of rotatable bonds is 1. The van der Waals surface area contributed by atoms with E-state index < -0.39 is 7.25 Å². The molecule has 14 heavy (non-hydrogen) atoms. The maximum Gasteiger partial charge on any atom is 1.00 e. The van der Waals surface area contributed by atoms with Crippen molar-refractivity contribution >= 4 is 7.25 Å². The van der Waals surface area contributed by atoms with E-state index in [2.05, 4.69) is 36.2 Å². The fourth-order valence-corrected chi connectivity index (χ4v) is 0.794. The van der Waals surface area contributed by atoms with Gasteiger partial charge in [0.15, 0.2) is 0 Å². The zero-order valence-electron chi connectivity index (χ0n) is 8.55. The number of halogens is 4. The molecule has 0 aromatic rings. The number of nitrogens with zero attached hydrogens (tertiary/aromatic N) is 2. The summed E-state index contributed by atoms with van der Waals surface area (Å²) in [6, 6.07) is 0. The molecule has 0 atom stereocenters. The Morgan fingerprint density at radius 3 is 1.79 bits per heavy atom. The van der Waals surface area contributed by atoms with Gasteiger partial charge in [0.2, 0.25) is 0 Å². The average molecular weight is 222 g/mol. The van der Waals surface area contributed by atoms with Crippen molar-refractivity contribution in [2.75, 3.05) is 20.3 Å². The minimum atomic E-state index is -6.00. The van der Waals surface area contributed by atoms with Crippen molar-refractivity contribution in [3.63, 3.8) is 0 Å². The molecule has 2 nitrogen and oxygen atoms in total. The van der Waals surface area contributed by atoms with Gasteiger partial charge < -0.3 is 27.1 Å². The van der Waals surface area contributed by atoms with Gasteiger partial charge in [0, 0.05) is 26.0 Å². The Kier molecular flexibility index (Phi) is 8.77. The second-order valence-corrected chi connectivity index (χ2v) is 2.60. The standard InChI is InChI=1S/C6H12N2.BF4.Na/c1-3-8-5-4-7(2)6-8;2-1(3,4)5;/h4-5H,3,6H2,1-2H3;;/q;-1;+1. The summed E-state index contributed by atoms with van der Waals surface area (Å²) < 4.78 is 39.0. The SMILES string of the molecule is CCN1C=CN(C)C1.F[B-](F)(F)F.[Na+]. The van der Waals surface area contributed by atoms with Crippen molar-refractivity contribution in [3.05, 3.63) is 12.4 Å². The fourth-order valence-electron chi connectivity index (χ4n) is 0.794. The predicted molar refractivity (Wildman–Crippen MR) is 44.3 cm³/mol. The Hall–Kier alpha value is 0.125. The van der Waals surface area contributed by atoms with Crippen LogP contribution in [0.15, 0.2) is 12.4 Å². The molecule has 0 spiro atoms. The number of hydrogen-bond acceptors (Lipinski definition) is 2. The van der Waals surface area contributed by atoms with E-state index >= 15 is 0 Å². The molecule has 1 aliphatic rings. The summed E-state index contributed by atoms with van der Waals surface area (Å²) in [5.41, 5.74) is 0. The predicted octanol–water partition coefficient (Wildman–Crippen LogP) is -1.01. The molecule has 0 saturated carbocycles. The third-order valence-electron chi connectivity index (χ3n) is 1.34. The van der Waals surface area contributed by atoms with Crippen molar-refractivity contribution < 1.29 is 46.8 Å². The first kappa shape index (κ1) is 16.6. The van der Waals surface area contributed by atoms with Crippen LogP contribution < -0.4 is 29.6 Å². The Morgan fingerprint density at radius 2 is 1.64 bits per heavy atom. The molecule has 1 rings (SSSR count). The van der Waals surface area contributed by atoms with Crippen molar-refractivity contribution in [1.82, 2.24) is 9.80 Å². The van der Waals surface area contributed by atoms with Gasteiger partial charge >= 0.3 is 36.8 Å². The zero-order valence-corrected chi connectivity index (χ0v) is 10.6. The minimum Gasteiger partial charge on any atom is -0.418 e. The average Bonchev–Trinajstić information content (AvgIpc) is 2.31. The monoisotopic (exact) mass is 222 g/mol. The van der Waals surface area contributed by atoms with E-state index in [0.717, 1.165) is 13.2 Å². The molecular weight excluding hydrogens is 210 g/mol. The molecule has 78 valence electrons. The Balaban J connectivity index is 0. The van der Waals surface area contributed by atoms with Gasteiger partial charge in [-0.05, 0) is 6.92 Å². The second-order valence-electron chi connectivity index (χ2n) is 2.60. The first-order valence-corrected chi connectivity index (χ1v) is 3.83. The van der Waals surface area contributed by atoms with E-state index in [1.165, 1.54) is 0 Å². The van der Waals surface area contributed by atoms with Crippen LogP contribution >= 0.6 is 0 Å². The molecule has 0 aromatic heterocycles. The van der Waals surface area contributed by atoms with E-state index in [1.807, 2.05) is 0 Å². The summed E-state index contributed by atoms with van der Waals surface area (Å²) in [6.07, 6.45) is 4.20. The molecule has 0 N–H and O–H groups in total. The first-order valence-electron chi connectivity index (χ1n) is 3.83. The van der Waals surface area contributed by atoms with Crippen LogP contribution in [-0.2, 0) is 0 Å². The quantitative estimate of drug-likeness (QED) is 0.414. The third kappa shape index (κ3) is 12.1. The van der Waals surface area contributed by atoms with Gasteiger partial charge in [-0.3, -0.25) is 0 Å². The van der Waals surface area contributed by atoms with Crippen LogP contribution in [-0.4, -0.2) is 37.3 Å². The zero-order chi connectivity index (χ0) is 10.5. The van der Waals surface area contributed by atoms with Gasteiger partial charge in [-0.15, -0.1) is 0 Å². The van der Waals surface area contributed by atoms with Crippen molar-refractivity contribution in [2.24, 2.45) is 0 Å².